The maximum atomic E-state index is 11.5. The Morgan fingerprint density at radius 1 is 1.54 bits per heavy atom. The number of ketones is 1. The van der Waals surface area contributed by atoms with Gasteiger partial charge in [0.2, 0.25) is 0 Å². The van der Waals surface area contributed by atoms with Gasteiger partial charge in [-0.05, 0) is 25.3 Å². The molecule has 0 aliphatic carbocycles. The molecule has 1 N–H and O–H groups in total. The molecule has 1 fully saturated rings. The molecule has 0 radical (unpaired) electrons. The summed E-state index contributed by atoms with van der Waals surface area (Å²) < 4.78 is 0. The van der Waals surface area contributed by atoms with E-state index >= 15 is 0 Å². The Morgan fingerprint density at radius 2 is 2.23 bits per heavy atom. The van der Waals surface area contributed by atoms with Crippen molar-refractivity contribution >= 4 is 5.78 Å². The fraction of sp³-hybridized carbons (Fsp3) is 0.909. The second-order valence-electron chi connectivity index (χ2n) is 4.61. The zero-order valence-corrected chi connectivity index (χ0v) is 8.97. The number of hydrogen-bond donors (Lipinski definition) is 1. The number of carbonyl (C=O) groups is 1. The van der Waals surface area contributed by atoms with Gasteiger partial charge in [-0.3, -0.25) is 4.79 Å². The van der Waals surface area contributed by atoms with E-state index in [-0.39, 0.29) is 5.92 Å². The zero-order chi connectivity index (χ0) is 9.84. The quantitative estimate of drug-likeness (QED) is 0.725. The molecule has 0 aromatic rings. The molecule has 0 spiro atoms. The van der Waals surface area contributed by atoms with Crippen LogP contribution in [0.25, 0.3) is 0 Å². The van der Waals surface area contributed by atoms with Crippen LogP contribution in [0.3, 0.4) is 0 Å². The van der Waals surface area contributed by atoms with Crippen molar-refractivity contribution in [2.45, 2.75) is 46.1 Å². The summed E-state index contributed by atoms with van der Waals surface area (Å²) in [4.78, 5) is 11.5. The fourth-order valence-electron chi connectivity index (χ4n) is 1.85. The lowest BCUT2D eigenvalue weighted by Crippen LogP contribution is -2.39. The summed E-state index contributed by atoms with van der Waals surface area (Å²) in [5, 5.41) is 3.41. The van der Waals surface area contributed by atoms with E-state index in [0.29, 0.717) is 11.8 Å². The molecule has 0 aromatic heterocycles. The Morgan fingerprint density at radius 3 is 2.77 bits per heavy atom. The molecule has 13 heavy (non-hydrogen) atoms. The Labute approximate surface area is 81.1 Å². The summed E-state index contributed by atoms with van der Waals surface area (Å²) in [7, 11) is 0. The topological polar surface area (TPSA) is 29.1 Å². The van der Waals surface area contributed by atoms with Gasteiger partial charge in [-0.25, -0.2) is 0 Å². The molecule has 1 rings (SSSR count). The summed E-state index contributed by atoms with van der Waals surface area (Å²) in [6.07, 6.45) is 3.15. The molecular formula is C11H21NO. The summed E-state index contributed by atoms with van der Waals surface area (Å²) in [6, 6.07) is 0.443. The number of Topliss-reactive ketones (excluding diaryl/α,β-unsaturated/α-hetero) is 1. The Kier molecular flexibility index (Phi) is 3.91. The van der Waals surface area contributed by atoms with E-state index in [1.807, 2.05) is 13.8 Å². The second kappa shape index (κ2) is 4.75. The van der Waals surface area contributed by atoms with Crippen molar-refractivity contribution in [1.82, 2.24) is 5.32 Å². The van der Waals surface area contributed by atoms with Gasteiger partial charge < -0.3 is 5.32 Å². The van der Waals surface area contributed by atoms with Gasteiger partial charge in [0.1, 0.15) is 5.78 Å². The van der Waals surface area contributed by atoms with Crippen molar-refractivity contribution in [2.75, 3.05) is 6.54 Å². The number of carbonyl (C=O) groups excluding carboxylic acids is 1. The maximum Gasteiger partial charge on any atom is 0.136 e. The van der Waals surface area contributed by atoms with Crippen LogP contribution in [0.5, 0.6) is 0 Å². The lowest BCUT2D eigenvalue weighted by Gasteiger charge is -2.28. The summed E-state index contributed by atoms with van der Waals surface area (Å²) >= 11 is 0. The van der Waals surface area contributed by atoms with Crippen LogP contribution in [0.2, 0.25) is 0 Å². The van der Waals surface area contributed by atoms with Gasteiger partial charge in [-0.1, -0.05) is 20.8 Å². The van der Waals surface area contributed by atoms with Crippen LogP contribution in [-0.2, 0) is 4.79 Å². The summed E-state index contributed by atoms with van der Waals surface area (Å²) in [5.74, 6) is 1.37. The molecule has 2 unspecified atom stereocenters. The Hall–Kier alpha value is -0.370. The standard InChI is InChI=1S/C11H21NO/c1-8(2)11(13)7-10-6-9(3)4-5-12-10/h8-10,12H,4-7H2,1-3H3. The minimum Gasteiger partial charge on any atom is -0.314 e. The molecule has 2 heteroatoms. The molecule has 76 valence electrons. The Bertz CT molecular complexity index is 177. The van der Waals surface area contributed by atoms with Crippen molar-refractivity contribution in [3.8, 4) is 0 Å². The van der Waals surface area contributed by atoms with Crippen LogP contribution in [0.4, 0.5) is 0 Å². The third kappa shape index (κ3) is 3.47. The highest BCUT2D eigenvalue weighted by molar-refractivity contribution is 5.80. The Balaban J connectivity index is 2.31. The van der Waals surface area contributed by atoms with Gasteiger partial charge in [-0.2, -0.15) is 0 Å². The number of rotatable bonds is 3. The minimum absolute atomic E-state index is 0.194. The van der Waals surface area contributed by atoms with Crippen LogP contribution in [0.1, 0.15) is 40.0 Å². The average Bonchev–Trinajstić information content (AvgIpc) is 2.04. The van der Waals surface area contributed by atoms with E-state index in [0.717, 1.165) is 18.9 Å². The van der Waals surface area contributed by atoms with Crippen molar-refractivity contribution in [3.05, 3.63) is 0 Å². The molecule has 1 aliphatic heterocycles. The third-order valence-corrected chi connectivity index (χ3v) is 2.85. The second-order valence-corrected chi connectivity index (χ2v) is 4.61. The van der Waals surface area contributed by atoms with E-state index in [4.69, 9.17) is 0 Å². The van der Waals surface area contributed by atoms with Crippen LogP contribution in [0, 0.1) is 11.8 Å². The predicted octanol–water partition coefficient (Wildman–Crippen LogP) is 1.99. The summed E-state index contributed by atoms with van der Waals surface area (Å²) in [5.41, 5.74) is 0. The largest absolute Gasteiger partial charge is 0.314 e. The molecule has 0 bridgehead atoms. The van der Waals surface area contributed by atoms with E-state index in [9.17, 15) is 4.79 Å². The minimum atomic E-state index is 0.194. The van der Waals surface area contributed by atoms with Crippen LogP contribution in [0.15, 0.2) is 0 Å². The van der Waals surface area contributed by atoms with Crippen molar-refractivity contribution in [3.63, 3.8) is 0 Å². The molecule has 0 amide bonds. The van der Waals surface area contributed by atoms with E-state index in [1.165, 1.54) is 12.8 Å². The molecule has 2 nitrogen and oxygen atoms in total. The molecule has 2 atom stereocenters. The average molecular weight is 183 g/mol. The van der Waals surface area contributed by atoms with Crippen LogP contribution < -0.4 is 5.32 Å². The third-order valence-electron chi connectivity index (χ3n) is 2.85. The highest BCUT2D eigenvalue weighted by atomic mass is 16.1. The van der Waals surface area contributed by atoms with E-state index in [2.05, 4.69) is 12.2 Å². The van der Waals surface area contributed by atoms with Gasteiger partial charge in [0.15, 0.2) is 0 Å². The predicted molar refractivity (Wildman–Crippen MR) is 54.7 cm³/mol. The van der Waals surface area contributed by atoms with Crippen molar-refractivity contribution in [1.29, 1.82) is 0 Å². The first kappa shape index (κ1) is 10.7. The lowest BCUT2D eigenvalue weighted by molar-refractivity contribution is -0.122. The van der Waals surface area contributed by atoms with Gasteiger partial charge >= 0.3 is 0 Å². The molecular weight excluding hydrogens is 162 g/mol. The highest BCUT2D eigenvalue weighted by Crippen LogP contribution is 2.18. The normalized spacial score (nSPS) is 29.2. The van der Waals surface area contributed by atoms with Crippen LogP contribution >= 0.6 is 0 Å². The van der Waals surface area contributed by atoms with E-state index in [1.54, 1.807) is 0 Å². The van der Waals surface area contributed by atoms with Gasteiger partial charge in [0, 0.05) is 18.4 Å². The first-order chi connectivity index (χ1) is 6.09. The zero-order valence-electron chi connectivity index (χ0n) is 8.97. The van der Waals surface area contributed by atoms with Gasteiger partial charge in [-0.15, -0.1) is 0 Å². The monoisotopic (exact) mass is 183 g/mol. The lowest BCUT2D eigenvalue weighted by atomic mass is 9.90. The molecule has 0 saturated carbocycles. The molecule has 1 aliphatic rings. The van der Waals surface area contributed by atoms with Crippen LogP contribution in [-0.4, -0.2) is 18.4 Å². The number of piperidine rings is 1. The first-order valence-corrected chi connectivity index (χ1v) is 5.35. The van der Waals surface area contributed by atoms with E-state index < -0.39 is 0 Å². The molecule has 1 saturated heterocycles. The summed E-state index contributed by atoms with van der Waals surface area (Å²) in [6.45, 7) is 7.31. The van der Waals surface area contributed by atoms with Crippen molar-refractivity contribution in [2.24, 2.45) is 11.8 Å². The van der Waals surface area contributed by atoms with Gasteiger partial charge in [0.25, 0.3) is 0 Å². The van der Waals surface area contributed by atoms with Gasteiger partial charge in [0.05, 0.1) is 0 Å². The smallest absolute Gasteiger partial charge is 0.136 e. The SMILES string of the molecule is CC1CCNC(CC(=O)C(C)C)C1. The fourth-order valence-corrected chi connectivity index (χ4v) is 1.85. The maximum absolute atomic E-state index is 11.5. The number of hydrogen-bond acceptors (Lipinski definition) is 2. The molecule has 1 heterocycles. The highest BCUT2D eigenvalue weighted by Gasteiger charge is 2.21. The molecule has 0 aromatic carbocycles. The van der Waals surface area contributed by atoms with Crippen molar-refractivity contribution < 1.29 is 4.79 Å². The first-order valence-electron chi connectivity index (χ1n) is 5.35. The number of nitrogens with one attached hydrogen (secondary N) is 1.